The molecule has 0 aliphatic carbocycles. The highest BCUT2D eigenvalue weighted by atomic mass is 79.9. The number of nitrogens with one attached hydrogen (secondary N) is 2. The number of rotatable bonds is 5. The predicted octanol–water partition coefficient (Wildman–Crippen LogP) is 2.08. The van der Waals surface area contributed by atoms with Crippen LogP contribution in [0.15, 0.2) is 21.2 Å². The maximum absolute atomic E-state index is 11.7. The van der Waals surface area contributed by atoms with Gasteiger partial charge in [-0.2, -0.15) is 0 Å². The molecule has 0 saturated heterocycles. The molecule has 0 radical (unpaired) electrons. The summed E-state index contributed by atoms with van der Waals surface area (Å²) in [6.07, 6.45) is 0.845. The molecule has 0 saturated carbocycles. The second-order valence-electron chi connectivity index (χ2n) is 4.12. The first kappa shape index (κ1) is 14.8. The van der Waals surface area contributed by atoms with E-state index < -0.39 is 11.9 Å². The number of furan rings is 1. The van der Waals surface area contributed by atoms with Crippen LogP contribution in [0.1, 0.15) is 37.7 Å². The van der Waals surface area contributed by atoms with Crippen molar-refractivity contribution in [3.8, 4) is 0 Å². The fraction of sp³-hybridized carbons (Fsp3) is 0.500. The number of carbonyl (C=O) groups excluding carboxylic acids is 2. The summed E-state index contributed by atoms with van der Waals surface area (Å²) in [6, 6.07) is 2.65. The van der Waals surface area contributed by atoms with Gasteiger partial charge in [-0.05, 0) is 48.3 Å². The average Bonchev–Trinajstić information content (AvgIpc) is 2.75. The van der Waals surface area contributed by atoms with E-state index in [1.807, 2.05) is 13.8 Å². The maximum Gasteiger partial charge on any atom is 0.287 e. The minimum atomic E-state index is -0.602. The standard InChI is InChI=1S/C12H17BrN2O3/c1-4-7(2)14-11(16)8(3)15-12(17)9-5-6-10(13)18-9/h5-8H,4H2,1-3H3,(H,14,16)(H,15,17)/t7-,8+/m1/s1. The third-order valence-electron chi connectivity index (χ3n) is 2.54. The summed E-state index contributed by atoms with van der Waals surface area (Å²) >= 11 is 3.11. The van der Waals surface area contributed by atoms with Gasteiger partial charge in [0.1, 0.15) is 6.04 Å². The lowest BCUT2D eigenvalue weighted by Crippen LogP contribution is -2.47. The molecule has 0 fully saturated rings. The zero-order valence-electron chi connectivity index (χ0n) is 10.6. The van der Waals surface area contributed by atoms with Crippen molar-refractivity contribution in [2.75, 3.05) is 0 Å². The zero-order chi connectivity index (χ0) is 13.7. The molecule has 0 bridgehead atoms. The fourth-order valence-corrected chi connectivity index (χ4v) is 1.55. The number of hydrogen-bond acceptors (Lipinski definition) is 3. The van der Waals surface area contributed by atoms with Gasteiger partial charge in [-0.3, -0.25) is 9.59 Å². The summed E-state index contributed by atoms with van der Waals surface area (Å²) < 4.78 is 5.58. The number of hydrogen-bond donors (Lipinski definition) is 2. The molecule has 1 rings (SSSR count). The largest absolute Gasteiger partial charge is 0.444 e. The molecule has 2 N–H and O–H groups in total. The van der Waals surface area contributed by atoms with E-state index in [9.17, 15) is 9.59 Å². The predicted molar refractivity (Wildman–Crippen MR) is 71.2 cm³/mol. The third-order valence-corrected chi connectivity index (χ3v) is 2.97. The van der Waals surface area contributed by atoms with E-state index in [0.717, 1.165) is 6.42 Å². The first-order valence-electron chi connectivity index (χ1n) is 5.80. The Labute approximate surface area is 114 Å². The highest BCUT2D eigenvalue weighted by molar-refractivity contribution is 9.10. The quantitative estimate of drug-likeness (QED) is 0.873. The second-order valence-corrected chi connectivity index (χ2v) is 4.90. The molecule has 1 aromatic heterocycles. The van der Waals surface area contributed by atoms with Crippen LogP contribution in [0, 0.1) is 0 Å². The van der Waals surface area contributed by atoms with Gasteiger partial charge in [0.2, 0.25) is 5.91 Å². The van der Waals surface area contributed by atoms with Gasteiger partial charge >= 0.3 is 0 Å². The van der Waals surface area contributed by atoms with Crippen LogP contribution in [0.25, 0.3) is 0 Å². The zero-order valence-corrected chi connectivity index (χ0v) is 12.2. The van der Waals surface area contributed by atoms with E-state index in [2.05, 4.69) is 26.6 Å². The first-order valence-corrected chi connectivity index (χ1v) is 6.60. The van der Waals surface area contributed by atoms with Gasteiger partial charge in [0.25, 0.3) is 5.91 Å². The molecule has 1 aromatic rings. The van der Waals surface area contributed by atoms with Crippen LogP contribution < -0.4 is 10.6 Å². The SMILES string of the molecule is CC[C@@H](C)NC(=O)[C@H](C)NC(=O)c1ccc(Br)o1. The second kappa shape index (κ2) is 6.58. The smallest absolute Gasteiger partial charge is 0.287 e. The highest BCUT2D eigenvalue weighted by Crippen LogP contribution is 2.13. The van der Waals surface area contributed by atoms with Crippen LogP contribution >= 0.6 is 15.9 Å². The Balaban J connectivity index is 2.51. The lowest BCUT2D eigenvalue weighted by Gasteiger charge is -2.16. The molecule has 100 valence electrons. The molecule has 6 heteroatoms. The van der Waals surface area contributed by atoms with Crippen molar-refractivity contribution in [2.24, 2.45) is 0 Å². The molecule has 0 aromatic carbocycles. The van der Waals surface area contributed by atoms with Crippen molar-refractivity contribution >= 4 is 27.7 Å². The van der Waals surface area contributed by atoms with Crippen LogP contribution in [0.4, 0.5) is 0 Å². The molecule has 0 aliphatic rings. The Morgan fingerprint density at radius 3 is 2.50 bits per heavy atom. The number of carbonyl (C=O) groups is 2. The molecular weight excluding hydrogens is 300 g/mol. The van der Waals surface area contributed by atoms with E-state index in [1.54, 1.807) is 19.1 Å². The molecule has 5 nitrogen and oxygen atoms in total. The monoisotopic (exact) mass is 316 g/mol. The Kier molecular flexibility index (Phi) is 5.40. The lowest BCUT2D eigenvalue weighted by molar-refractivity contribution is -0.123. The first-order chi connectivity index (χ1) is 8.43. The Bertz CT molecular complexity index is 431. The van der Waals surface area contributed by atoms with E-state index in [-0.39, 0.29) is 17.7 Å². The van der Waals surface area contributed by atoms with Gasteiger partial charge in [0, 0.05) is 6.04 Å². The van der Waals surface area contributed by atoms with E-state index in [4.69, 9.17) is 4.42 Å². The third kappa shape index (κ3) is 4.18. The Morgan fingerprint density at radius 1 is 1.33 bits per heavy atom. The van der Waals surface area contributed by atoms with E-state index in [1.165, 1.54) is 0 Å². The molecule has 0 unspecified atom stereocenters. The van der Waals surface area contributed by atoms with Crippen molar-refractivity contribution in [2.45, 2.75) is 39.3 Å². The van der Waals surface area contributed by atoms with Crippen molar-refractivity contribution in [3.05, 3.63) is 22.6 Å². The van der Waals surface area contributed by atoms with Crippen molar-refractivity contribution < 1.29 is 14.0 Å². The molecule has 2 amide bonds. The number of halogens is 1. The average molecular weight is 317 g/mol. The normalized spacial score (nSPS) is 13.8. The molecule has 2 atom stereocenters. The van der Waals surface area contributed by atoms with Crippen molar-refractivity contribution in [1.82, 2.24) is 10.6 Å². The summed E-state index contributed by atoms with van der Waals surface area (Å²) in [5.74, 6) is -0.444. The van der Waals surface area contributed by atoms with Crippen LogP contribution in [0.2, 0.25) is 0 Å². The van der Waals surface area contributed by atoms with Crippen LogP contribution in [-0.2, 0) is 4.79 Å². The van der Waals surface area contributed by atoms with Gasteiger partial charge in [-0.25, -0.2) is 0 Å². The van der Waals surface area contributed by atoms with Crippen LogP contribution in [-0.4, -0.2) is 23.9 Å². The summed E-state index contributed by atoms with van der Waals surface area (Å²) in [6.45, 7) is 5.53. The molecule has 0 spiro atoms. The van der Waals surface area contributed by atoms with Crippen molar-refractivity contribution in [3.63, 3.8) is 0 Å². The van der Waals surface area contributed by atoms with E-state index >= 15 is 0 Å². The minimum Gasteiger partial charge on any atom is -0.444 e. The molecular formula is C12H17BrN2O3. The fourth-order valence-electron chi connectivity index (χ4n) is 1.24. The summed E-state index contributed by atoms with van der Waals surface area (Å²) in [5, 5.41) is 5.37. The highest BCUT2D eigenvalue weighted by Gasteiger charge is 2.19. The molecule has 1 heterocycles. The van der Waals surface area contributed by atoms with Gasteiger partial charge in [0.15, 0.2) is 10.4 Å². The Hall–Kier alpha value is -1.30. The van der Waals surface area contributed by atoms with Crippen molar-refractivity contribution in [1.29, 1.82) is 0 Å². The summed E-state index contributed by atoms with van der Waals surface area (Å²) in [5.41, 5.74) is 0. The number of amides is 2. The van der Waals surface area contributed by atoms with Crippen LogP contribution in [0.3, 0.4) is 0 Å². The lowest BCUT2D eigenvalue weighted by atomic mass is 10.2. The topological polar surface area (TPSA) is 71.3 Å². The summed E-state index contributed by atoms with van der Waals surface area (Å²) in [7, 11) is 0. The molecule has 18 heavy (non-hydrogen) atoms. The van der Waals surface area contributed by atoms with Crippen LogP contribution in [0.5, 0.6) is 0 Å². The van der Waals surface area contributed by atoms with Gasteiger partial charge in [-0.15, -0.1) is 0 Å². The Morgan fingerprint density at radius 2 is 2.00 bits per heavy atom. The maximum atomic E-state index is 11.7. The van der Waals surface area contributed by atoms with E-state index in [0.29, 0.717) is 4.67 Å². The summed E-state index contributed by atoms with van der Waals surface area (Å²) in [4.78, 5) is 23.4. The molecule has 0 aliphatic heterocycles. The van der Waals surface area contributed by atoms with Gasteiger partial charge in [-0.1, -0.05) is 6.92 Å². The minimum absolute atomic E-state index is 0.0922. The van der Waals surface area contributed by atoms with Gasteiger partial charge in [0.05, 0.1) is 0 Å². The van der Waals surface area contributed by atoms with Gasteiger partial charge < -0.3 is 15.1 Å².